The number of amides is 2. The SMILES string of the molecule is COC(=O)NC(C(=O)N1CCC(CN(C)CC2CC2)C1)C(C)C. The van der Waals surface area contributed by atoms with Crippen molar-refractivity contribution in [2.45, 2.75) is 39.2 Å². The number of methoxy groups -OCH3 is 1. The molecule has 0 aromatic rings. The zero-order valence-electron chi connectivity index (χ0n) is 14.9. The number of likely N-dealkylation sites (tertiary alicyclic amines) is 1. The maximum atomic E-state index is 12.7. The van der Waals surface area contributed by atoms with Crippen molar-refractivity contribution in [2.24, 2.45) is 17.8 Å². The van der Waals surface area contributed by atoms with Crippen LogP contribution in [0, 0.1) is 17.8 Å². The van der Waals surface area contributed by atoms with Crippen LogP contribution in [0.3, 0.4) is 0 Å². The minimum atomic E-state index is -0.544. The van der Waals surface area contributed by atoms with E-state index >= 15 is 0 Å². The van der Waals surface area contributed by atoms with E-state index in [1.807, 2.05) is 18.7 Å². The lowest BCUT2D eigenvalue weighted by Gasteiger charge is -2.27. The smallest absolute Gasteiger partial charge is 0.407 e. The average Bonchev–Trinajstić information content (AvgIpc) is 3.18. The Hall–Kier alpha value is -1.30. The zero-order valence-corrected chi connectivity index (χ0v) is 14.9. The number of carbonyl (C=O) groups excluding carboxylic acids is 2. The van der Waals surface area contributed by atoms with Gasteiger partial charge in [-0.2, -0.15) is 0 Å². The Morgan fingerprint density at radius 1 is 1.22 bits per heavy atom. The summed E-state index contributed by atoms with van der Waals surface area (Å²) in [5, 5.41) is 2.67. The molecule has 6 heteroatoms. The Kier molecular flexibility index (Phi) is 6.27. The summed E-state index contributed by atoms with van der Waals surface area (Å²) in [6.07, 6.45) is 3.24. The van der Waals surface area contributed by atoms with Gasteiger partial charge in [0.2, 0.25) is 5.91 Å². The van der Waals surface area contributed by atoms with Gasteiger partial charge in [-0.15, -0.1) is 0 Å². The highest BCUT2D eigenvalue weighted by Crippen LogP contribution is 2.30. The van der Waals surface area contributed by atoms with Gasteiger partial charge in [0.1, 0.15) is 6.04 Å². The van der Waals surface area contributed by atoms with Crippen LogP contribution in [0.15, 0.2) is 0 Å². The molecule has 1 aliphatic heterocycles. The number of nitrogens with zero attached hydrogens (tertiary/aromatic N) is 2. The standard InChI is InChI=1S/C17H31N3O3/c1-12(2)15(18-17(22)23-4)16(21)20-8-7-14(11-20)10-19(3)9-13-5-6-13/h12-15H,5-11H2,1-4H3,(H,18,22). The Morgan fingerprint density at radius 2 is 1.87 bits per heavy atom. The molecule has 1 saturated heterocycles. The molecule has 132 valence electrons. The highest BCUT2D eigenvalue weighted by molar-refractivity contribution is 5.86. The van der Waals surface area contributed by atoms with Crippen molar-refractivity contribution < 1.29 is 14.3 Å². The van der Waals surface area contributed by atoms with Crippen LogP contribution in [0.1, 0.15) is 33.1 Å². The minimum Gasteiger partial charge on any atom is -0.453 e. The fourth-order valence-corrected chi connectivity index (χ4v) is 3.33. The first kappa shape index (κ1) is 18.0. The second-order valence-electron chi connectivity index (χ2n) is 7.46. The lowest BCUT2D eigenvalue weighted by molar-refractivity contribution is -0.133. The van der Waals surface area contributed by atoms with Crippen LogP contribution < -0.4 is 5.32 Å². The number of hydrogen-bond donors (Lipinski definition) is 1. The van der Waals surface area contributed by atoms with Crippen molar-refractivity contribution in [2.75, 3.05) is 40.3 Å². The van der Waals surface area contributed by atoms with Gasteiger partial charge < -0.3 is 19.9 Å². The maximum absolute atomic E-state index is 12.7. The predicted octanol–water partition coefficient (Wildman–Crippen LogP) is 1.56. The van der Waals surface area contributed by atoms with Crippen LogP contribution in [0.5, 0.6) is 0 Å². The Labute approximate surface area is 139 Å². The molecular weight excluding hydrogens is 294 g/mol. The van der Waals surface area contributed by atoms with E-state index in [4.69, 9.17) is 0 Å². The van der Waals surface area contributed by atoms with Crippen molar-refractivity contribution in [3.63, 3.8) is 0 Å². The van der Waals surface area contributed by atoms with Crippen molar-refractivity contribution in [3.8, 4) is 0 Å². The third kappa shape index (κ3) is 5.37. The molecule has 2 amide bonds. The molecule has 0 bridgehead atoms. The van der Waals surface area contributed by atoms with Gasteiger partial charge in [-0.25, -0.2) is 4.79 Å². The number of alkyl carbamates (subject to hydrolysis) is 1. The van der Waals surface area contributed by atoms with Gasteiger partial charge in [0.15, 0.2) is 0 Å². The van der Waals surface area contributed by atoms with Crippen LogP contribution in [-0.4, -0.2) is 68.2 Å². The summed E-state index contributed by atoms with van der Waals surface area (Å²) in [6.45, 7) is 7.69. The molecule has 23 heavy (non-hydrogen) atoms. The van der Waals surface area contributed by atoms with Crippen molar-refractivity contribution in [3.05, 3.63) is 0 Å². The zero-order chi connectivity index (χ0) is 17.0. The number of nitrogens with one attached hydrogen (secondary N) is 1. The molecule has 0 aromatic carbocycles. The van der Waals surface area contributed by atoms with Gasteiger partial charge in [0, 0.05) is 26.2 Å². The molecule has 6 nitrogen and oxygen atoms in total. The summed E-state index contributed by atoms with van der Waals surface area (Å²) in [4.78, 5) is 28.5. The lowest BCUT2D eigenvalue weighted by Crippen LogP contribution is -2.50. The maximum Gasteiger partial charge on any atom is 0.407 e. The van der Waals surface area contributed by atoms with E-state index in [0.29, 0.717) is 5.92 Å². The number of hydrogen-bond acceptors (Lipinski definition) is 4. The fraction of sp³-hybridized carbons (Fsp3) is 0.882. The largest absolute Gasteiger partial charge is 0.453 e. The van der Waals surface area contributed by atoms with Crippen LogP contribution >= 0.6 is 0 Å². The minimum absolute atomic E-state index is 0.0118. The summed E-state index contributed by atoms with van der Waals surface area (Å²) in [7, 11) is 3.50. The summed E-state index contributed by atoms with van der Waals surface area (Å²) in [5.74, 6) is 1.48. The third-order valence-corrected chi connectivity index (χ3v) is 4.83. The van der Waals surface area contributed by atoms with E-state index in [0.717, 1.165) is 32.0 Å². The van der Waals surface area contributed by atoms with E-state index in [9.17, 15) is 9.59 Å². The van der Waals surface area contributed by atoms with Gasteiger partial charge >= 0.3 is 6.09 Å². The van der Waals surface area contributed by atoms with Gasteiger partial charge in [-0.3, -0.25) is 4.79 Å². The van der Waals surface area contributed by atoms with Crippen LogP contribution in [0.2, 0.25) is 0 Å². The monoisotopic (exact) mass is 325 g/mol. The van der Waals surface area contributed by atoms with Gasteiger partial charge in [-0.05, 0) is 44.1 Å². The number of ether oxygens (including phenoxy) is 1. The first-order valence-corrected chi connectivity index (χ1v) is 8.72. The van der Waals surface area contributed by atoms with E-state index in [1.165, 1.54) is 26.5 Å². The predicted molar refractivity (Wildman–Crippen MR) is 89.1 cm³/mol. The van der Waals surface area contributed by atoms with E-state index in [2.05, 4.69) is 22.0 Å². The highest BCUT2D eigenvalue weighted by atomic mass is 16.5. The summed E-state index contributed by atoms with van der Waals surface area (Å²) < 4.78 is 4.63. The molecule has 0 aromatic heterocycles. The molecule has 0 radical (unpaired) electrons. The molecule has 1 N–H and O–H groups in total. The Balaban J connectivity index is 1.82. The third-order valence-electron chi connectivity index (χ3n) is 4.83. The molecule has 2 unspecified atom stereocenters. The fourth-order valence-electron chi connectivity index (χ4n) is 3.33. The van der Waals surface area contributed by atoms with E-state index in [1.54, 1.807) is 0 Å². The molecule has 1 saturated carbocycles. The molecule has 0 spiro atoms. The van der Waals surface area contributed by atoms with Crippen molar-refractivity contribution >= 4 is 12.0 Å². The molecule has 2 atom stereocenters. The summed E-state index contributed by atoms with van der Waals surface area (Å²) in [5.41, 5.74) is 0. The highest BCUT2D eigenvalue weighted by Gasteiger charge is 2.34. The first-order chi connectivity index (χ1) is 10.9. The van der Waals surface area contributed by atoms with Crippen molar-refractivity contribution in [1.82, 2.24) is 15.1 Å². The van der Waals surface area contributed by atoms with Crippen molar-refractivity contribution in [1.29, 1.82) is 0 Å². The van der Waals surface area contributed by atoms with Gasteiger partial charge in [0.25, 0.3) is 0 Å². The second kappa shape index (κ2) is 7.99. The topological polar surface area (TPSA) is 61.9 Å². The van der Waals surface area contributed by atoms with Crippen LogP contribution in [0.25, 0.3) is 0 Å². The number of carbonyl (C=O) groups is 2. The lowest BCUT2D eigenvalue weighted by atomic mass is 10.0. The quantitative estimate of drug-likeness (QED) is 0.771. The average molecular weight is 325 g/mol. The van der Waals surface area contributed by atoms with E-state index < -0.39 is 12.1 Å². The normalized spacial score (nSPS) is 22.5. The summed E-state index contributed by atoms with van der Waals surface area (Å²) in [6, 6.07) is -0.509. The van der Waals surface area contributed by atoms with Gasteiger partial charge in [0.05, 0.1) is 7.11 Å². The Bertz CT molecular complexity index is 423. The number of rotatable bonds is 7. The molecule has 1 aliphatic carbocycles. The van der Waals surface area contributed by atoms with Crippen LogP contribution in [-0.2, 0) is 9.53 Å². The molecular formula is C17H31N3O3. The molecule has 1 heterocycles. The van der Waals surface area contributed by atoms with Gasteiger partial charge in [-0.1, -0.05) is 13.8 Å². The molecule has 2 aliphatic rings. The van der Waals surface area contributed by atoms with E-state index in [-0.39, 0.29) is 11.8 Å². The van der Waals surface area contributed by atoms with Crippen LogP contribution in [0.4, 0.5) is 4.79 Å². The second-order valence-corrected chi connectivity index (χ2v) is 7.46. The molecule has 2 rings (SSSR count). The summed E-state index contributed by atoms with van der Waals surface area (Å²) >= 11 is 0. The molecule has 2 fully saturated rings. The first-order valence-electron chi connectivity index (χ1n) is 8.72. The Morgan fingerprint density at radius 3 is 2.43 bits per heavy atom.